The number of carbonyl (C=O) groups excluding carboxylic acids is 1. The summed E-state index contributed by atoms with van der Waals surface area (Å²) >= 11 is 0. The quantitative estimate of drug-likeness (QED) is 0.782. The lowest BCUT2D eigenvalue weighted by molar-refractivity contribution is -0.116. The minimum atomic E-state index is -0.410. The Morgan fingerprint density at radius 1 is 1.21 bits per heavy atom. The first-order valence-electron chi connectivity index (χ1n) is 7.98. The third-order valence-electron chi connectivity index (χ3n) is 4.19. The number of amides is 1. The maximum absolute atomic E-state index is 12.1. The molecule has 5 heteroatoms. The van der Waals surface area contributed by atoms with Crippen LogP contribution in [-0.4, -0.2) is 10.5 Å². The molecule has 0 saturated carbocycles. The zero-order chi connectivity index (χ0) is 17.1. The van der Waals surface area contributed by atoms with E-state index in [0.717, 1.165) is 12.8 Å². The summed E-state index contributed by atoms with van der Waals surface area (Å²) in [7, 11) is 1.64. The zero-order valence-corrected chi connectivity index (χ0v) is 13.8. The number of aromatic nitrogens is 1. The SMILES string of the molecule is Cc1ccccc1CCCC(=O)Nc1ccc2oc(=O)n(C)c2c1. The van der Waals surface area contributed by atoms with Crippen molar-refractivity contribution in [3.63, 3.8) is 0 Å². The fraction of sp³-hybridized carbons (Fsp3) is 0.263. The molecule has 0 unspecified atom stereocenters. The number of benzene rings is 2. The Labute approximate surface area is 139 Å². The number of nitrogens with one attached hydrogen (secondary N) is 1. The van der Waals surface area contributed by atoms with Crippen LogP contribution >= 0.6 is 0 Å². The molecule has 3 rings (SSSR count). The molecule has 1 heterocycles. The van der Waals surface area contributed by atoms with Crippen molar-refractivity contribution in [2.45, 2.75) is 26.2 Å². The van der Waals surface area contributed by atoms with Crippen LogP contribution in [0, 0.1) is 6.92 Å². The van der Waals surface area contributed by atoms with Gasteiger partial charge >= 0.3 is 5.76 Å². The average molecular weight is 324 g/mol. The zero-order valence-electron chi connectivity index (χ0n) is 13.8. The molecule has 2 aromatic carbocycles. The van der Waals surface area contributed by atoms with Gasteiger partial charge in [-0.3, -0.25) is 9.36 Å². The van der Waals surface area contributed by atoms with Crippen LogP contribution in [0.2, 0.25) is 0 Å². The van der Waals surface area contributed by atoms with Crippen molar-refractivity contribution in [1.82, 2.24) is 4.57 Å². The Balaban J connectivity index is 1.60. The molecule has 0 saturated heterocycles. The van der Waals surface area contributed by atoms with Crippen LogP contribution in [0.25, 0.3) is 11.1 Å². The first kappa shape index (κ1) is 16.1. The van der Waals surface area contributed by atoms with Crippen molar-refractivity contribution in [3.05, 3.63) is 64.1 Å². The summed E-state index contributed by atoms with van der Waals surface area (Å²) in [6, 6.07) is 13.4. The fourth-order valence-corrected chi connectivity index (χ4v) is 2.76. The van der Waals surface area contributed by atoms with Crippen molar-refractivity contribution in [2.24, 2.45) is 7.05 Å². The number of fused-ring (bicyclic) bond motifs is 1. The number of hydrogen-bond donors (Lipinski definition) is 1. The maximum atomic E-state index is 12.1. The lowest BCUT2D eigenvalue weighted by Crippen LogP contribution is -2.12. The molecule has 1 amide bonds. The Kier molecular flexibility index (Phi) is 4.51. The molecule has 0 aliphatic carbocycles. The highest BCUT2D eigenvalue weighted by Crippen LogP contribution is 2.18. The van der Waals surface area contributed by atoms with Crippen LogP contribution in [0.1, 0.15) is 24.0 Å². The van der Waals surface area contributed by atoms with Crippen LogP contribution in [0.3, 0.4) is 0 Å². The van der Waals surface area contributed by atoms with Gasteiger partial charge in [0.25, 0.3) is 0 Å². The second kappa shape index (κ2) is 6.74. The number of carbonyl (C=O) groups is 1. The Morgan fingerprint density at radius 2 is 2.00 bits per heavy atom. The van der Waals surface area contributed by atoms with Crippen LogP contribution < -0.4 is 11.1 Å². The molecule has 24 heavy (non-hydrogen) atoms. The first-order valence-corrected chi connectivity index (χ1v) is 7.98. The minimum absolute atomic E-state index is 0.0311. The van der Waals surface area contributed by atoms with Gasteiger partial charge < -0.3 is 9.73 Å². The summed E-state index contributed by atoms with van der Waals surface area (Å²) in [4.78, 5) is 23.6. The minimum Gasteiger partial charge on any atom is -0.408 e. The third-order valence-corrected chi connectivity index (χ3v) is 4.19. The van der Waals surface area contributed by atoms with Crippen molar-refractivity contribution in [1.29, 1.82) is 0 Å². The summed E-state index contributed by atoms with van der Waals surface area (Å²) in [5.74, 6) is -0.442. The van der Waals surface area contributed by atoms with Gasteiger partial charge in [-0.05, 0) is 49.1 Å². The number of anilines is 1. The van der Waals surface area contributed by atoms with E-state index < -0.39 is 5.76 Å². The van der Waals surface area contributed by atoms with Gasteiger partial charge in [0.2, 0.25) is 5.91 Å². The molecule has 0 radical (unpaired) electrons. The lowest BCUT2D eigenvalue weighted by atomic mass is 10.0. The predicted molar refractivity (Wildman–Crippen MR) is 94.2 cm³/mol. The number of nitrogens with zero attached hydrogens (tertiary/aromatic N) is 1. The molecule has 0 fully saturated rings. The van der Waals surface area contributed by atoms with Gasteiger partial charge in [0.1, 0.15) is 0 Å². The van der Waals surface area contributed by atoms with Crippen LogP contribution in [-0.2, 0) is 18.3 Å². The van der Waals surface area contributed by atoms with Crippen LogP contribution in [0.15, 0.2) is 51.7 Å². The smallest absolute Gasteiger partial charge is 0.408 e. The van der Waals surface area contributed by atoms with E-state index in [2.05, 4.69) is 24.4 Å². The van der Waals surface area contributed by atoms with E-state index in [1.165, 1.54) is 15.7 Å². The van der Waals surface area contributed by atoms with E-state index in [0.29, 0.717) is 23.2 Å². The van der Waals surface area contributed by atoms with Crippen molar-refractivity contribution < 1.29 is 9.21 Å². The normalized spacial score (nSPS) is 10.9. The molecule has 0 spiro atoms. The summed E-state index contributed by atoms with van der Waals surface area (Å²) in [6.07, 6.45) is 2.13. The first-order chi connectivity index (χ1) is 11.5. The standard InChI is InChI=1S/C19H20N2O3/c1-13-6-3-4-7-14(13)8-5-9-18(22)20-15-10-11-17-16(12-15)21(2)19(23)24-17/h3-4,6-7,10-12H,5,8-9H2,1-2H3,(H,20,22). The van der Waals surface area contributed by atoms with E-state index in [1.54, 1.807) is 25.2 Å². The number of oxazole rings is 1. The molecule has 0 aliphatic heterocycles. The van der Waals surface area contributed by atoms with Gasteiger partial charge in [-0.25, -0.2) is 4.79 Å². The number of rotatable bonds is 5. The molecule has 0 bridgehead atoms. The van der Waals surface area contributed by atoms with Crippen LogP contribution in [0.4, 0.5) is 5.69 Å². The average Bonchev–Trinajstić information content (AvgIpc) is 2.84. The molecule has 1 N–H and O–H groups in total. The Hall–Kier alpha value is -2.82. The van der Waals surface area contributed by atoms with Gasteiger partial charge in [-0.1, -0.05) is 24.3 Å². The van der Waals surface area contributed by atoms with Crippen molar-refractivity contribution in [2.75, 3.05) is 5.32 Å². The summed E-state index contributed by atoms with van der Waals surface area (Å²) in [5.41, 5.74) is 4.38. The number of aryl methyl sites for hydroxylation is 3. The highest BCUT2D eigenvalue weighted by molar-refractivity contribution is 5.92. The highest BCUT2D eigenvalue weighted by Gasteiger charge is 2.08. The number of hydrogen-bond acceptors (Lipinski definition) is 3. The van der Waals surface area contributed by atoms with Crippen molar-refractivity contribution in [3.8, 4) is 0 Å². The molecule has 1 aromatic heterocycles. The third kappa shape index (κ3) is 3.40. The predicted octanol–water partition coefficient (Wildman–Crippen LogP) is 3.40. The molecule has 5 nitrogen and oxygen atoms in total. The molecule has 3 aromatic rings. The van der Waals surface area contributed by atoms with Gasteiger partial charge in [-0.2, -0.15) is 0 Å². The summed E-state index contributed by atoms with van der Waals surface area (Å²) in [5, 5.41) is 2.88. The maximum Gasteiger partial charge on any atom is 0.419 e. The van der Waals surface area contributed by atoms with E-state index in [1.807, 2.05) is 12.1 Å². The lowest BCUT2D eigenvalue weighted by Gasteiger charge is -2.07. The van der Waals surface area contributed by atoms with Crippen LogP contribution in [0.5, 0.6) is 0 Å². The summed E-state index contributed by atoms with van der Waals surface area (Å²) in [6.45, 7) is 2.08. The monoisotopic (exact) mass is 324 g/mol. The second-order valence-electron chi connectivity index (χ2n) is 5.94. The molecule has 124 valence electrons. The van der Waals surface area contributed by atoms with E-state index in [9.17, 15) is 9.59 Å². The summed E-state index contributed by atoms with van der Waals surface area (Å²) < 4.78 is 6.50. The van der Waals surface area contributed by atoms with E-state index in [-0.39, 0.29) is 5.91 Å². The molecule has 0 atom stereocenters. The highest BCUT2D eigenvalue weighted by atomic mass is 16.4. The van der Waals surface area contributed by atoms with Gasteiger partial charge in [0.15, 0.2) is 5.58 Å². The topological polar surface area (TPSA) is 64.2 Å². The van der Waals surface area contributed by atoms with Crippen molar-refractivity contribution >= 4 is 22.7 Å². The fourth-order valence-electron chi connectivity index (χ4n) is 2.76. The van der Waals surface area contributed by atoms with Gasteiger partial charge in [0, 0.05) is 19.2 Å². The Morgan fingerprint density at radius 3 is 2.79 bits per heavy atom. The van der Waals surface area contributed by atoms with E-state index in [4.69, 9.17) is 4.42 Å². The molecular weight excluding hydrogens is 304 g/mol. The van der Waals surface area contributed by atoms with Gasteiger partial charge in [0.05, 0.1) is 5.52 Å². The van der Waals surface area contributed by atoms with E-state index >= 15 is 0 Å². The second-order valence-corrected chi connectivity index (χ2v) is 5.94. The largest absolute Gasteiger partial charge is 0.419 e. The molecular formula is C19H20N2O3. The Bertz CT molecular complexity index is 937. The molecule has 0 aliphatic rings. The van der Waals surface area contributed by atoms with Gasteiger partial charge in [-0.15, -0.1) is 0 Å².